The molecule has 0 aliphatic carbocycles. The highest BCUT2D eigenvalue weighted by Gasteiger charge is 2.28. The smallest absolute Gasteiger partial charge is 0.312 e. The lowest BCUT2D eigenvalue weighted by molar-refractivity contribution is 0.542. The van der Waals surface area contributed by atoms with Gasteiger partial charge in [0, 0.05) is 17.1 Å². The Morgan fingerprint density at radius 2 is 1.86 bits per heavy atom. The molecule has 7 nitrogen and oxygen atoms in total. The van der Waals surface area contributed by atoms with Gasteiger partial charge in [0.2, 0.25) is 5.89 Å². The lowest BCUT2D eigenvalue weighted by Gasteiger charge is -2.18. The van der Waals surface area contributed by atoms with Crippen LogP contribution < -0.4 is 4.31 Å². The van der Waals surface area contributed by atoms with Crippen LogP contribution in [-0.2, 0) is 10.0 Å². The highest BCUT2D eigenvalue weighted by Crippen LogP contribution is 2.29. The SMILES string of the molecule is CCN(c1nc2cc(Cl)ccc2o1)S(=O)(=O)c1ccc(-c2ncc(C)o2)cc1. The molecule has 4 aromatic rings. The summed E-state index contributed by atoms with van der Waals surface area (Å²) in [7, 11) is -3.86. The Balaban J connectivity index is 1.70. The highest BCUT2D eigenvalue weighted by molar-refractivity contribution is 7.92. The van der Waals surface area contributed by atoms with E-state index in [9.17, 15) is 8.42 Å². The highest BCUT2D eigenvalue weighted by atomic mass is 35.5. The number of rotatable bonds is 5. The van der Waals surface area contributed by atoms with Gasteiger partial charge >= 0.3 is 6.01 Å². The molecule has 0 aliphatic heterocycles. The summed E-state index contributed by atoms with van der Waals surface area (Å²) in [6.07, 6.45) is 1.61. The first-order valence-corrected chi connectivity index (χ1v) is 10.3. The van der Waals surface area contributed by atoms with Gasteiger partial charge in [-0.3, -0.25) is 0 Å². The van der Waals surface area contributed by atoms with E-state index in [4.69, 9.17) is 20.4 Å². The van der Waals surface area contributed by atoms with Crippen LogP contribution in [0, 0.1) is 6.92 Å². The van der Waals surface area contributed by atoms with E-state index in [1.807, 2.05) is 0 Å². The number of hydrogen-bond acceptors (Lipinski definition) is 6. The van der Waals surface area contributed by atoms with E-state index in [1.54, 1.807) is 50.4 Å². The van der Waals surface area contributed by atoms with E-state index in [2.05, 4.69) is 9.97 Å². The van der Waals surface area contributed by atoms with E-state index >= 15 is 0 Å². The average Bonchev–Trinajstić information content (AvgIpc) is 3.28. The Kier molecular flexibility index (Phi) is 4.60. The Morgan fingerprint density at radius 3 is 2.50 bits per heavy atom. The van der Waals surface area contributed by atoms with Gasteiger partial charge < -0.3 is 8.83 Å². The van der Waals surface area contributed by atoms with Crippen LogP contribution in [0.15, 0.2) is 62.4 Å². The molecule has 0 spiro atoms. The number of aryl methyl sites for hydroxylation is 1. The topological polar surface area (TPSA) is 89.4 Å². The lowest BCUT2D eigenvalue weighted by atomic mass is 10.2. The van der Waals surface area contributed by atoms with Gasteiger partial charge in [0.25, 0.3) is 10.0 Å². The molecule has 0 bridgehead atoms. The predicted molar refractivity (Wildman–Crippen MR) is 106 cm³/mol. The molecule has 2 aromatic carbocycles. The zero-order valence-corrected chi connectivity index (χ0v) is 16.7. The molecule has 0 aliphatic rings. The van der Waals surface area contributed by atoms with E-state index in [0.29, 0.717) is 33.3 Å². The van der Waals surface area contributed by atoms with Crippen molar-refractivity contribution >= 4 is 38.7 Å². The van der Waals surface area contributed by atoms with Crippen molar-refractivity contribution in [3.8, 4) is 11.5 Å². The van der Waals surface area contributed by atoms with Crippen LogP contribution in [0.2, 0.25) is 5.02 Å². The molecule has 0 N–H and O–H groups in total. The fourth-order valence-corrected chi connectivity index (χ4v) is 4.31. The summed E-state index contributed by atoms with van der Waals surface area (Å²) in [6.45, 7) is 3.66. The summed E-state index contributed by atoms with van der Waals surface area (Å²) in [6, 6.07) is 11.2. The molecule has 0 saturated carbocycles. The summed E-state index contributed by atoms with van der Waals surface area (Å²) >= 11 is 5.97. The van der Waals surface area contributed by atoms with E-state index in [0.717, 1.165) is 4.31 Å². The fourth-order valence-electron chi connectivity index (χ4n) is 2.79. The Bertz CT molecular complexity index is 1250. The van der Waals surface area contributed by atoms with Crippen LogP contribution in [0.3, 0.4) is 0 Å². The van der Waals surface area contributed by atoms with Gasteiger partial charge in [-0.15, -0.1) is 0 Å². The molecule has 9 heteroatoms. The van der Waals surface area contributed by atoms with E-state index in [1.165, 1.54) is 12.1 Å². The number of aromatic nitrogens is 2. The minimum absolute atomic E-state index is 0.00725. The summed E-state index contributed by atoms with van der Waals surface area (Å²) < 4.78 is 38.5. The molecule has 0 fully saturated rings. The Morgan fingerprint density at radius 1 is 1.11 bits per heavy atom. The number of benzene rings is 2. The van der Waals surface area contributed by atoms with Crippen LogP contribution in [0.1, 0.15) is 12.7 Å². The van der Waals surface area contributed by atoms with Gasteiger partial charge in [-0.2, -0.15) is 4.98 Å². The third kappa shape index (κ3) is 3.25. The molecule has 2 heterocycles. The van der Waals surface area contributed by atoms with Gasteiger partial charge in [-0.1, -0.05) is 11.6 Å². The van der Waals surface area contributed by atoms with Crippen molar-refractivity contribution in [2.45, 2.75) is 18.7 Å². The van der Waals surface area contributed by atoms with Crippen molar-refractivity contribution in [1.82, 2.24) is 9.97 Å². The van der Waals surface area contributed by atoms with Crippen molar-refractivity contribution in [1.29, 1.82) is 0 Å². The summed E-state index contributed by atoms with van der Waals surface area (Å²) in [4.78, 5) is 8.53. The maximum absolute atomic E-state index is 13.1. The second kappa shape index (κ2) is 6.96. The number of nitrogens with zero attached hydrogens (tertiary/aromatic N) is 3. The number of anilines is 1. The normalized spacial score (nSPS) is 11.8. The molecule has 0 saturated heterocycles. The fraction of sp³-hybridized carbons (Fsp3) is 0.158. The first kappa shape index (κ1) is 18.5. The van der Waals surface area contributed by atoms with Crippen LogP contribution in [0.25, 0.3) is 22.6 Å². The molecular formula is C19H16ClN3O4S. The van der Waals surface area contributed by atoms with E-state index < -0.39 is 10.0 Å². The molecule has 0 amide bonds. The molecule has 0 unspecified atom stereocenters. The minimum atomic E-state index is -3.86. The first-order chi connectivity index (χ1) is 13.4. The van der Waals surface area contributed by atoms with Crippen molar-refractivity contribution in [3.05, 3.63) is 59.4 Å². The first-order valence-electron chi connectivity index (χ1n) is 8.50. The zero-order valence-electron chi connectivity index (χ0n) is 15.1. The third-order valence-corrected chi connectivity index (χ3v) is 6.25. The van der Waals surface area contributed by atoms with Crippen molar-refractivity contribution in [2.24, 2.45) is 0 Å². The number of fused-ring (bicyclic) bond motifs is 1. The second-order valence-electron chi connectivity index (χ2n) is 6.08. The Hall–Kier alpha value is -2.84. The molecular weight excluding hydrogens is 402 g/mol. The average molecular weight is 418 g/mol. The van der Waals surface area contributed by atoms with Crippen LogP contribution in [0.5, 0.6) is 0 Å². The van der Waals surface area contributed by atoms with Crippen molar-refractivity contribution in [2.75, 3.05) is 10.8 Å². The van der Waals surface area contributed by atoms with Gasteiger partial charge in [0.05, 0.1) is 11.1 Å². The van der Waals surface area contributed by atoms with Gasteiger partial charge in [-0.25, -0.2) is 17.7 Å². The maximum atomic E-state index is 13.1. The lowest BCUT2D eigenvalue weighted by Crippen LogP contribution is -2.31. The van der Waals surface area contributed by atoms with E-state index in [-0.39, 0.29) is 17.5 Å². The van der Waals surface area contributed by atoms with Crippen LogP contribution in [0.4, 0.5) is 6.01 Å². The second-order valence-corrected chi connectivity index (χ2v) is 8.38. The standard InChI is InChI=1S/C19H16ClN3O4S/c1-3-23(19-22-16-10-14(20)6-9-17(16)27-19)28(24,25)15-7-4-13(5-8-15)18-21-11-12(2)26-18/h4-11H,3H2,1-2H3. The number of hydrogen-bond donors (Lipinski definition) is 0. The largest absolute Gasteiger partial charge is 0.441 e. The van der Waals surface area contributed by atoms with Crippen LogP contribution >= 0.6 is 11.6 Å². The van der Waals surface area contributed by atoms with Gasteiger partial charge in [0.1, 0.15) is 11.3 Å². The molecule has 0 atom stereocenters. The number of halogens is 1. The van der Waals surface area contributed by atoms with Gasteiger partial charge in [0.15, 0.2) is 5.58 Å². The zero-order chi connectivity index (χ0) is 19.9. The molecule has 2 aromatic heterocycles. The van der Waals surface area contributed by atoms with Crippen molar-refractivity contribution < 1.29 is 17.3 Å². The maximum Gasteiger partial charge on any atom is 0.312 e. The summed E-state index contributed by atoms with van der Waals surface area (Å²) in [5, 5.41) is 0.496. The summed E-state index contributed by atoms with van der Waals surface area (Å²) in [5.74, 6) is 1.12. The monoisotopic (exact) mass is 417 g/mol. The number of oxazole rings is 2. The molecule has 28 heavy (non-hydrogen) atoms. The van der Waals surface area contributed by atoms with Gasteiger partial charge in [-0.05, 0) is 56.3 Å². The van der Waals surface area contributed by atoms with Crippen LogP contribution in [-0.4, -0.2) is 24.9 Å². The minimum Gasteiger partial charge on any atom is -0.441 e. The number of sulfonamides is 1. The molecule has 0 radical (unpaired) electrons. The summed E-state index contributed by atoms with van der Waals surface area (Å²) in [5.41, 5.74) is 1.64. The Labute approximate surface area is 166 Å². The van der Waals surface area contributed by atoms with Crippen molar-refractivity contribution in [3.63, 3.8) is 0 Å². The molecule has 144 valence electrons. The molecule has 4 rings (SSSR count). The quantitative estimate of drug-likeness (QED) is 0.469. The third-order valence-electron chi connectivity index (χ3n) is 4.15. The predicted octanol–water partition coefficient (Wildman–Crippen LogP) is 4.66.